The molecule has 1 N–H and O–H groups in total. The number of aromatic nitrogens is 2. The van der Waals surface area contributed by atoms with Crippen LogP contribution in [0.25, 0.3) is 22.1 Å². The number of rotatable bonds is 1. The molecule has 0 aliphatic carbocycles. The van der Waals surface area contributed by atoms with Crippen molar-refractivity contribution in [2.45, 2.75) is 0 Å². The molecule has 2 aromatic carbocycles. The van der Waals surface area contributed by atoms with E-state index < -0.39 is 0 Å². The predicted molar refractivity (Wildman–Crippen MR) is 104 cm³/mol. The Hall–Kier alpha value is -1.45. The van der Waals surface area contributed by atoms with Crippen molar-refractivity contribution in [3.63, 3.8) is 0 Å². The highest BCUT2D eigenvalue weighted by atomic mass is 127. The topological polar surface area (TPSA) is 54.6 Å². The smallest absolute Gasteiger partial charge is 0.274 e. The Morgan fingerprint density at radius 3 is 2.91 bits per heavy atom. The van der Waals surface area contributed by atoms with E-state index in [0.717, 1.165) is 19.1 Å². The predicted octanol–water partition coefficient (Wildman–Crippen LogP) is 3.53. The van der Waals surface area contributed by atoms with Gasteiger partial charge in [0.2, 0.25) is 0 Å². The van der Waals surface area contributed by atoms with Gasteiger partial charge in [0, 0.05) is 10.0 Å². The molecule has 4 rings (SSSR count). The van der Waals surface area contributed by atoms with Gasteiger partial charge >= 0.3 is 0 Å². The normalized spacial score (nSPS) is 12.5. The highest BCUT2D eigenvalue weighted by Crippen LogP contribution is 2.29. The number of benzene rings is 2. The molecule has 0 bridgehead atoms. The lowest BCUT2D eigenvalue weighted by Crippen LogP contribution is -2.22. The Morgan fingerprint density at radius 1 is 1.30 bits per heavy atom. The van der Waals surface area contributed by atoms with Gasteiger partial charge in [-0.15, -0.1) is 0 Å². The van der Waals surface area contributed by atoms with Gasteiger partial charge in [-0.3, -0.25) is 4.79 Å². The summed E-state index contributed by atoms with van der Waals surface area (Å²) in [7, 11) is 0. The first-order valence-corrected chi connectivity index (χ1v) is 9.33. The van der Waals surface area contributed by atoms with Crippen molar-refractivity contribution in [3.05, 3.63) is 64.9 Å². The minimum absolute atomic E-state index is 0.118. The lowest BCUT2D eigenvalue weighted by atomic mass is 10.2. The van der Waals surface area contributed by atoms with Gasteiger partial charge in [0.05, 0.1) is 19.1 Å². The third-order valence-electron chi connectivity index (χ3n) is 3.49. The summed E-state index contributed by atoms with van der Waals surface area (Å²) >= 11 is 6.79. The Kier molecular flexibility index (Phi) is 3.66. The minimum Gasteiger partial charge on any atom is -0.506 e. The van der Waals surface area contributed by atoms with Gasteiger partial charge in [-0.1, -0.05) is 39.4 Å². The first-order valence-electron chi connectivity index (χ1n) is 6.64. The van der Waals surface area contributed by atoms with Crippen LogP contribution in [0.4, 0.5) is 0 Å². The average Bonchev–Trinajstić information content (AvgIpc) is 3.01. The number of thiazole rings is 1. The average molecular weight is 499 g/mol. The fourth-order valence-electron chi connectivity index (χ4n) is 2.45. The number of hydrogen-bond donors (Lipinski definition) is 1. The molecule has 7 heteroatoms. The monoisotopic (exact) mass is 498 g/mol. The molecule has 2 heterocycles. The van der Waals surface area contributed by atoms with Gasteiger partial charge in [-0.2, -0.15) is 0 Å². The molecule has 0 radical (unpaired) electrons. The Morgan fingerprint density at radius 2 is 2.09 bits per heavy atom. The van der Waals surface area contributed by atoms with Crippen LogP contribution in [-0.2, 0) is 0 Å². The molecule has 4 nitrogen and oxygen atoms in total. The standard InChI is InChI=1S/C16H8BrIN2O2S/c17-9-5-8(14(21)10(18)7-9)6-13-15(22)20-12-4-2-1-3-11(12)19-16(20)23-13/h1-7,21H. The number of fused-ring (bicyclic) bond motifs is 3. The van der Waals surface area contributed by atoms with Crippen molar-refractivity contribution in [1.82, 2.24) is 9.38 Å². The van der Waals surface area contributed by atoms with E-state index in [2.05, 4.69) is 43.5 Å². The molecular weight excluding hydrogens is 491 g/mol. The van der Waals surface area contributed by atoms with E-state index >= 15 is 0 Å². The van der Waals surface area contributed by atoms with Crippen molar-refractivity contribution in [2.24, 2.45) is 0 Å². The number of halogens is 2. The maximum absolute atomic E-state index is 12.7. The number of imidazole rings is 1. The van der Waals surface area contributed by atoms with Crippen molar-refractivity contribution >= 4 is 71.9 Å². The molecule has 0 amide bonds. The summed E-state index contributed by atoms with van der Waals surface area (Å²) in [4.78, 5) is 17.8. The fraction of sp³-hybridized carbons (Fsp3) is 0. The van der Waals surface area contributed by atoms with Crippen LogP contribution < -0.4 is 10.1 Å². The van der Waals surface area contributed by atoms with Crippen LogP contribution in [0.2, 0.25) is 0 Å². The van der Waals surface area contributed by atoms with E-state index in [1.54, 1.807) is 16.5 Å². The van der Waals surface area contributed by atoms with Crippen LogP contribution in [-0.4, -0.2) is 14.5 Å². The summed E-state index contributed by atoms with van der Waals surface area (Å²) in [6, 6.07) is 11.2. The Labute approximate surface area is 156 Å². The molecule has 2 aromatic heterocycles. The van der Waals surface area contributed by atoms with Gasteiger partial charge in [0.25, 0.3) is 5.56 Å². The molecule has 0 atom stereocenters. The molecule has 0 saturated carbocycles. The van der Waals surface area contributed by atoms with Crippen LogP contribution in [0.1, 0.15) is 5.56 Å². The molecule has 0 saturated heterocycles. The zero-order valence-electron chi connectivity index (χ0n) is 11.5. The summed E-state index contributed by atoms with van der Waals surface area (Å²) in [5.41, 5.74) is 2.10. The molecule has 23 heavy (non-hydrogen) atoms. The van der Waals surface area contributed by atoms with Crippen molar-refractivity contribution in [3.8, 4) is 5.75 Å². The van der Waals surface area contributed by atoms with E-state index in [4.69, 9.17) is 0 Å². The molecular formula is C16H8BrIN2O2S. The molecule has 0 aliphatic heterocycles. The molecule has 4 aromatic rings. The van der Waals surface area contributed by atoms with Gasteiger partial charge in [-0.05, 0) is 52.9 Å². The Bertz CT molecular complexity index is 1180. The second-order valence-electron chi connectivity index (χ2n) is 4.96. The van der Waals surface area contributed by atoms with E-state index in [0.29, 0.717) is 15.1 Å². The first kappa shape index (κ1) is 15.1. The van der Waals surface area contributed by atoms with Crippen LogP contribution in [0.5, 0.6) is 5.75 Å². The van der Waals surface area contributed by atoms with Crippen LogP contribution in [0.15, 0.2) is 45.7 Å². The minimum atomic E-state index is -0.118. The summed E-state index contributed by atoms with van der Waals surface area (Å²) < 4.78 is 3.74. The highest BCUT2D eigenvalue weighted by molar-refractivity contribution is 14.1. The third kappa shape index (κ3) is 2.47. The van der Waals surface area contributed by atoms with E-state index in [1.165, 1.54) is 11.3 Å². The lowest BCUT2D eigenvalue weighted by Gasteiger charge is -2.02. The summed E-state index contributed by atoms with van der Waals surface area (Å²) in [6.07, 6.45) is 1.71. The Balaban J connectivity index is 2.04. The molecule has 0 fully saturated rings. The number of para-hydroxylation sites is 2. The quantitative estimate of drug-likeness (QED) is 0.408. The van der Waals surface area contributed by atoms with Gasteiger partial charge in [-0.25, -0.2) is 9.38 Å². The maximum Gasteiger partial charge on any atom is 0.274 e. The van der Waals surface area contributed by atoms with Crippen molar-refractivity contribution in [1.29, 1.82) is 0 Å². The van der Waals surface area contributed by atoms with Gasteiger partial charge in [0.1, 0.15) is 5.75 Å². The molecule has 0 aliphatic rings. The highest BCUT2D eigenvalue weighted by Gasteiger charge is 2.12. The maximum atomic E-state index is 12.7. The molecule has 0 unspecified atom stereocenters. The largest absolute Gasteiger partial charge is 0.506 e. The third-order valence-corrected chi connectivity index (χ3v) is 5.74. The summed E-state index contributed by atoms with van der Waals surface area (Å²) in [5, 5.41) is 10.2. The number of aromatic hydroxyl groups is 1. The van der Waals surface area contributed by atoms with Gasteiger partial charge in [0.15, 0.2) is 4.96 Å². The van der Waals surface area contributed by atoms with Crippen LogP contribution >= 0.6 is 49.9 Å². The van der Waals surface area contributed by atoms with E-state index in [1.807, 2.05) is 30.3 Å². The zero-order chi connectivity index (χ0) is 16.1. The van der Waals surface area contributed by atoms with Crippen molar-refractivity contribution < 1.29 is 5.11 Å². The fourth-order valence-corrected chi connectivity index (χ4v) is 4.98. The number of nitrogens with zero attached hydrogens (tertiary/aromatic N) is 2. The van der Waals surface area contributed by atoms with Crippen molar-refractivity contribution in [2.75, 3.05) is 0 Å². The molecule has 114 valence electrons. The first-order chi connectivity index (χ1) is 11.0. The molecule has 0 spiro atoms. The number of phenols is 1. The lowest BCUT2D eigenvalue weighted by molar-refractivity contribution is 0.470. The summed E-state index contributed by atoms with van der Waals surface area (Å²) in [5.74, 6) is 0.170. The van der Waals surface area contributed by atoms with E-state index in [9.17, 15) is 9.90 Å². The van der Waals surface area contributed by atoms with Gasteiger partial charge < -0.3 is 5.11 Å². The number of phenolic OH excluding ortho intramolecular Hbond substituents is 1. The SMILES string of the molecule is O=c1c(=Cc2cc(Br)cc(I)c2O)sc2nc3ccccc3n12. The second-order valence-corrected chi connectivity index (χ2v) is 8.05. The van der Waals surface area contributed by atoms with Crippen LogP contribution in [0, 0.1) is 3.57 Å². The van der Waals surface area contributed by atoms with Crippen LogP contribution in [0.3, 0.4) is 0 Å². The number of hydrogen-bond acceptors (Lipinski definition) is 4. The summed E-state index contributed by atoms with van der Waals surface area (Å²) in [6.45, 7) is 0. The second kappa shape index (κ2) is 5.57. The zero-order valence-corrected chi connectivity index (χ0v) is 16.0. The van der Waals surface area contributed by atoms with E-state index in [-0.39, 0.29) is 11.3 Å².